The molecule has 0 bridgehead atoms. The van der Waals surface area contributed by atoms with E-state index in [-0.39, 0.29) is 0 Å². The summed E-state index contributed by atoms with van der Waals surface area (Å²) in [6.45, 7) is 2.87. The van der Waals surface area contributed by atoms with Crippen molar-refractivity contribution < 1.29 is 0 Å². The maximum absolute atomic E-state index is 6.44. The van der Waals surface area contributed by atoms with Crippen LogP contribution in [0.2, 0.25) is 5.02 Å². The molecular formula is C19H18ClN7S. The first-order valence-electron chi connectivity index (χ1n) is 9.10. The number of nitrogens with one attached hydrogen (secondary N) is 1. The molecule has 28 heavy (non-hydrogen) atoms. The van der Waals surface area contributed by atoms with E-state index in [4.69, 9.17) is 21.7 Å². The van der Waals surface area contributed by atoms with Gasteiger partial charge < -0.3 is 5.32 Å². The van der Waals surface area contributed by atoms with Gasteiger partial charge in [-0.05, 0) is 36.8 Å². The summed E-state index contributed by atoms with van der Waals surface area (Å²) in [5.41, 5.74) is 5.16. The Morgan fingerprint density at radius 1 is 1.25 bits per heavy atom. The maximum atomic E-state index is 6.44. The van der Waals surface area contributed by atoms with E-state index in [0.29, 0.717) is 5.95 Å². The van der Waals surface area contributed by atoms with Gasteiger partial charge in [0, 0.05) is 32.1 Å². The average Bonchev–Trinajstić information content (AvgIpc) is 3.39. The third-order valence-electron chi connectivity index (χ3n) is 4.89. The molecular weight excluding hydrogens is 394 g/mol. The van der Waals surface area contributed by atoms with E-state index in [9.17, 15) is 0 Å². The Balaban J connectivity index is 1.61. The lowest BCUT2D eigenvalue weighted by Gasteiger charge is -2.16. The van der Waals surface area contributed by atoms with Crippen LogP contribution in [0.5, 0.6) is 0 Å². The number of fused-ring (bicyclic) bond motifs is 3. The summed E-state index contributed by atoms with van der Waals surface area (Å²) >= 11 is 8.06. The summed E-state index contributed by atoms with van der Waals surface area (Å²) in [7, 11) is 1.96. The van der Waals surface area contributed by atoms with Crippen molar-refractivity contribution in [1.29, 1.82) is 0 Å². The first kappa shape index (κ1) is 17.4. The summed E-state index contributed by atoms with van der Waals surface area (Å²) in [5.74, 6) is 1.26. The van der Waals surface area contributed by atoms with Gasteiger partial charge in [0.05, 0.1) is 32.5 Å². The molecule has 1 aliphatic rings. The number of rotatable bonds is 4. The molecule has 7 nitrogen and oxygen atoms in total. The number of halogens is 1. The second-order valence-electron chi connectivity index (χ2n) is 6.64. The Morgan fingerprint density at radius 3 is 2.89 bits per heavy atom. The molecule has 0 unspecified atom stereocenters. The molecule has 0 aromatic carbocycles. The zero-order valence-corrected chi connectivity index (χ0v) is 17.0. The minimum Gasteiger partial charge on any atom is -0.307 e. The van der Waals surface area contributed by atoms with Crippen LogP contribution in [0.15, 0.2) is 29.9 Å². The molecule has 0 fully saturated rings. The Bertz CT molecular complexity index is 1170. The largest absolute Gasteiger partial charge is 0.307 e. The van der Waals surface area contributed by atoms with Crippen LogP contribution in [0.4, 0.5) is 11.8 Å². The first-order chi connectivity index (χ1) is 13.6. The maximum Gasteiger partial charge on any atom is 0.228 e. The minimum absolute atomic E-state index is 0.528. The lowest BCUT2D eigenvalue weighted by atomic mass is 9.93. The van der Waals surface area contributed by atoms with Crippen LogP contribution in [-0.2, 0) is 26.4 Å². The van der Waals surface area contributed by atoms with E-state index in [2.05, 4.69) is 15.4 Å². The van der Waals surface area contributed by atoms with Crippen molar-refractivity contribution in [3.63, 3.8) is 0 Å². The first-order valence-corrected chi connectivity index (χ1v) is 10.4. The van der Waals surface area contributed by atoms with E-state index >= 15 is 0 Å². The number of thiophene rings is 1. The van der Waals surface area contributed by atoms with Crippen molar-refractivity contribution in [2.75, 3.05) is 5.32 Å². The lowest BCUT2D eigenvalue weighted by Crippen LogP contribution is -2.08. The Morgan fingerprint density at radius 2 is 2.14 bits per heavy atom. The zero-order valence-electron chi connectivity index (χ0n) is 15.5. The summed E-state index contributed by atoms with van der Waals surface area (Å²) in [6.07, 6.45) is 5.58. The molecule has 4 heterocycles. The SMILES string of the molecule is CCn1ccc(Nc2ncc3c(n2)-c2c(nn(C)c2-c2sccc2Cl)CC3)n1. The molecule has 1 aliphatic carbocycles. The van der Waals surface area contributed by atoms with Crippen LogP contribution < -0.4 is 5.32 Å². The fourth-order valence-electron chi connectivity index (χ4n) is 3.57. The summed E-state index contributed by atoms with van der Waals surface area (Å²) < 4.78 is 3.77. The third kappa shape index (κ3) is 2.80. The van der Waals surface area contributed by atoms with Crippen molar-refractivity contribution >= 4 is 34.7 Å². The molecule has 4 aromatic rings. The van der Waals surface area contributed by atoms with Crippen molar-refractivity contribution in [1.82, 2.24) is 29.5 Å². The molecule has 0 amide bonds. The molecule has 0 aliphatic heterocycles. The van der Waals surface area contributed by atoms with Gasteiger partial charge in [0.15, 0.2) is 5.82 Å². The molecule has 1 N–H and O–H groups in total. The number of hydrogen-bond acceptors (Lipinski definition) is 6. The van der Waals surface area contributed by atoms with Gasteiger partial charge in [0.25, 0.3) is 0 Å². The second-order valence-corrected chi connectivity index (χ2v) is 7.96. The highest BCUT2D eigenvalue weighted by atomic mass is 35.5. The lowest BCUT2D eigenvalue weighted by molar-refractivity contribution is 0.662. The van der Waals surface area contributed by atoms with Crippen LogP contribution in [0.25, 0.3) is 21.8 Å². The quantitative estimate of drug-likeness (QED) is 0.541. The van der Waals surface area contributed by atoms with E-state index in [0.717, 1.165) is 63.3 Å². The van der Waals surface area contributed by atoms with Gasteiger partial charge in [-0.1, -0.05) is 11.6 Å². The summed E-state index contributed by atoms with van der Waals surface area (Å²) in [5, 5.41) is 15.1. The van der Waals surface area contributed by atoms with Gasteiger partial charge in [0.1, 0.15) is 0 Å². The van der Waals surface area contributed by atoms with Gasteiger partial charge >= 0.3 is 0 Å². The van der Waals surface area contributed by atoms with Crippen LogP contribution in [0, 0.1) is 0 Å². The van der Waals surface area contributed by atoms with E-state index < -0.39 is 0 Å². The molecule has 0 atom stereocenters. The fourth-order valence-corrected chi connectivity index (χ4v) is 4.79. The number of nitrogens with zero attached hydrogens (tertiary/aromatic N) is 6. The molecule has 0 saturated carbocycles. The standard InChI is InChI=1S/C19H18ClN7S/c1-3-27-8-6-14(25-27)22-19-21-10-11-4-5-13-15(16(11)23-19)17(26(2)24-13)18-12(20)7-9-28-18/h6-10H,3-5H2,1-2H3,(H,21,22,23,25). The van der Waals surface area contributed by atoms with E-state index in [1.165, 1.54) is 0 Å². The van der Waals surface area contributed by atoms with E-state index in [1.54, 1.807) is 11.3 Å². The molecule has 9 heteroatoms. The molecule has 0 saturated heterocycles. The second kappa shape index (κ2) is 6.72. The Hall–Kier alpha value is -2.71. The van der Waals surface area contributed by atoms with Crippen molar-refractivity contribution in [3.05, 3.63) is 46.2 Å². The number of aryl methyl sites for hydroxylation is 4. The molecule has 4 aromatic heterocycles. The summed E-state index contributed by atoms with van der Waals surface area (Å²) in [6, 6.07) is 3.83. The minimum atomic E-state index is 0.528. The van der Waals surface area contributed by atoms with Gasteiger partial charge in [-0.3, -0.25) is 9.36 Å². The average molecular weight is 412 g/mol. The predicted octanol–water partition coefficient (Wildman–Crippen LogP) is 4.32. The van der Waals surface area contributed by atoms with Crippen molar-refractivity contribution in [2.24, 2.45) is 7.05 Å². The molecule has 0 spiro atoms. The number of anilines is 2. The monoisotopic (exact) mass is 411 g/mol. The number of aromatic nitrogens is 6. The topological polar surface area (TPSA) is 73.5 Å². The smallest absolute Gasteiger partial charge is 0.228 e. The predicted molar refractivity (Wildman–Crippen MR) is 111 cm³/mol. The highest BCUT2D eigenvalue weighted by Gasteiger charge is 2.28. The highest BCUT2D eigenvalue weighted by Crippen LogP contribution is 2.43. The molecule has 0 radical (unpaired) electrons. The normalized spacial score (nSPS) is 12.7. The van der Waals surface area contributed by atoms with Gasteiger partial charge in [-0.15, -0.1) is 11.3 Å². The highest BCUT2D eigenvalue weighted by molar-refractivity contribution is 7.14. The van der Waals surface area contributed by atoms with Crippen LogP contribution >= 0.6 is 22.9 Å². The number of hydrogen-bond donors (Lipinski definition) is 1. The third-order valence-corrected chi connectivity index (χ3v) is 6.24. The fraction of sp³-hybridized carbons (Fsp3) is 0.263. The van der Waals surface area contributed by atoms with Gasteiger partial charge in [-0.25, -0.2) is 9.97 Å². The zero-order chi connectivity index (χ0) is 19.3. The van der Waals surface area contributed by atoms with Crippen molar-refractivity contribution in [3.8, 4) is 21.8 Å². The Kier molecular flexibility index (Phi) is 4.17. The summed E-state index contributed by atoms with van der Waals surface area (Å²) in [4.78, 5) is 10.3. The Labute approximate surface area is 171 Å². The molecule has 142 valence electrons. The van der Waals surface area contributed by atoms with Gasteiger partial charge in [0.2, 0.25) is 5.95 Å². The van der Waals surface area contributed by atoms with Crippen LogP contribution in [0.1, 0.15) is 18.2 Å². The van der Waals surface area contributed by atoms with Crippen LogP contribution in [-0.4, -0.2) is 29.5 Å². The van der Waals surface area contributed by atoms with Gasteiger partial charge in [-0.2, -0.15) is 10.2 Å². The van der Waals surface area contributed by atoms with E-state index in [1.807, 2.05) is 53.2 Å². The van der Waals surface area contributed by atoms with Crippen molar-refractivity contribution in [2.45, 2.75) is 26.3 Å². The molecule has 5 rings (SSSR count). The van der Waals surface area contributed by atoms with Crippen LogP contribution in [0.3, 0.4) is 0 Å².